The molecule has 832 valence electrons. The van der Waals surface area contributed by atoms with Gasteiger partial charge in [-0.3, -0.25) is 34.9 Å². The van der Waals surface area contributed by atoms with Gasteiger partial charge in [-0.15, -0.1) is 23.5 Å². The monoisotopic (exact) mass is 2000 g/mol. The van der Waals surface area contributed by atoms with E-state index in [4.69, 9.17) is 28.4 Å². The van der Waals surface area contributed by atoms with Crippen molar-refractivity contribution in [3.63, 3.8) is 0 Å². The van der Waals surface area contributed by atoms with Crippen LogP contribution in [0.1, 0.15) is 452 Å². The molecule has 0 spiro atoms. The van der Waals surface area contributed by atoms with Gasteiger partial charge in [0.25, 0.3) is 0 Å². The van der Waals surface area contributed by atoms with E-state index in [9.17, 15) is 0 Å². The van der Waals surface area contributed by atoms with Crippen molar-refractivity contribution in [1.82, 2.24) is 26.8 Å². The van der Waals surface area contributed by atoms with Crippen LogP contribution in [0.2, 0.25) is 0 Å². The Labute approximate surface area is 862 Å². The Morgan fingerprint density at radius 2 is 0.647 bits per heavy atom. The van der Waals surface area contributed by atoms with Crippen molar-refractivity contribution in [2.45, 2.75) is 452 Å². The van der Waals surface area contributed by atoms with Gasteiger partial charge in [0.1, 0.15) is 20.0 Å². The summed E-state index contributed by atoms with van der Waals surface area (Å²) in [5.74, 6) is 4.88. The van der Waals surface area contributed by atoms with Crippen LogP contribution in [-0.2, 0) is 38.0 Å². The maximum Gasteiger partial charge on any atom is 0.169 e. The van der Waals surface area contributed by atoms with Gasteiger partial charge in [-0.05, 0) is 81.5 Å². The molecule has 3 fully saturated rings. The average molecular weight is 2000 g/mol. The Morgan fingerprint density at radius 1 is 0.256 bits per heavy atom. The van der Waals surface area contributed by atoms with Gasteiger partial charge in [-0.2, -0.15) is 0 Å². The summed E-state index contributed by atoms with van der Waals surface area (Å²) in [6, 6.07) is 0. The zero-order chi connectivity index (χ0) is 110. The zero-order valence-corrected chi connectivity index (χ0v) is 105. The van der Waals surface area contributed by atoms with Crippen LogP contribution in [0.15, 0.2) is 61.2 Å². The Morgan fingerprint density at radius 3 is 0.752 bits per heavy atom. The SMILES string of the molecule is C1=CNNC1.C1=NCCC1.C1=NCCCN1.C1=NCCCO1.C1=NCCCS1.C1=NCCN1.C1=NCCO1.C1=NCCS1.C1=NOCC1.C1=NSCC1.C1=NSCCC1.C1COCCN1.C1COCCO1.C1COCOC1.CC.CC.CC.CC.CC.CC.CC.CC.CC.CC.CC.CC.CC.CC.CC.CC.CC.CC.CC.CC.CC.CC.CC.CC.CC.CC.CC.CC. The van der Waals surface area contributed by atoms with Gasteiger partial charge in [0, 0.05) is 126 Å². The zero-order valence-electron chi connectivity index (χ0n) is 102. The van der Waals surface area contributed by atoms with E-state index in [0.29, 0.717) is 6.79 Å². The van der Waals surface area contributed by atoms with Gasteiger partial charge in [0.15, 0.2) is 12.8 Å². The number of oxime groups is 1. The molecule has 23 nitrogen and oxygen atoms in total. The summed E-state index contributed by atoms with van der Waals surface area (Å²) in [5.41, 5.74) is 9.49. The molecular formula is C106H261N15O8S4. The molecule has 0 radical (unpaired) electrons. The van der Waals surface area contributed by atoms with Crippen LogP contribution in [0.25, 0.3) is 0 Å². The van der Waals surface area contributed by atoms with Crippen molar-refractivity contribution >= 4 is 109 Å². The molecule has 0 bridgehead atoms. The number of ether oxygens (including phenoxy) is 7. The standard InChI is InChI=1S/C4H8N2.C4H9NO.C4H7NO.2C4H7NS.C4H7N.2C4H8O2.2C3H6N2.2C3H5NO.2C3H5NS.28C2H6/c1-2-5-4-6-3-1;1-3-6-4-2-5-1;2*1-2-5-4-6-3-1;1-2-4-6-5-3-1;1-2-4-5-3-1;1-2-6-4-3-5-1;1-2-5-4-6-3-1;1-2-5-3-4-1;1-2-4-5-3-1;1-2-5-3-4-1;1-2-4-5-3-1;1-2-5-3-4-1;1-2-4-5-3-1;28*1-2/h4H,1-3H2,(H,5,6);5H,1-4H2;2*4H,1-3H2;3H,1-2,4H2;3H,1-2,4H2;2*1-4H2;3H,1-2H2,(H,4,5);1-2,4-5H,3H2;3H,1-2H2;2H,1,3H2;3H,1-2H2;2H,1,3H2;28*1-2H3. The lowest BCUT2D eigenvalue weighted by atomic mass is 10.4. The van der Waals surface area contributed by atoms with E-state index < -0.39 is 0 Å². The second-order valence-corrected chi connectivity index (χ2v) is 19.3. The molecule has 0 aromatic carbocycles. The highest BCUT2D eigenvalue weighted by Crippen LogP contribution is 2.09. The minimum Gasteiger partial charge on any atom is -0.483 e. The molecule has 14 aliphatic rings. The Kier molecular flexibility index (Phi) is 603. The number of nitrogens with zero attached hydrogens (tertiary/aromatic N) is 10. The van der Waals surface area contributed by atoms with Crippen LogP contribution < -0.4 is 26.8 Å². The second-order valence-electron chi connectivity index (χ2n) is 15.7. The molecule has 0 aromatic rings. The molecular weight excluding hydrogens is 1740 g/mol. The van der Waals surface area contributed by atoms with Gasteiger partial charge in [0.2, 0.25) is 0 Å². The first-order valence-corrected chi connectivity index (χ1v) is 58.9. The number of thioether (sulfide) groups is 2. The van der Waals surface area contributed by atoms with Gasteiger partial charge in [-0.25, -0.2) is 14.2 Å². The van der Waals surface area contributed by atoms with Crippen molar-refractivity contribution < 1.29 is 38.0 Å². The molecule has 133 heavy (non-hydrogen) atoms. The summed E-state index contributed by atoms with van der Waals surface area (Å²) >= 11 is 6.89. The van der Waals surface area contributed by atoms with Crippen molar-refractivity contribution in [3.8, 4) is 0 Å². The Bertz CT molecular complexity index is 1200. The first kappa shape index (κ1) is 207. The van der Waals surface area contributed by atoms with Gasteiger partial charge in [0.05, 0.1) is 96.3 Å². The third-order valence-electron chi connectivity index (χ3n) is 9.03. The lowest BCUT2D eigenvalue weighted by molar-refractivity contribution is -0.0963. The lowest BCUT2D eigenvalue weighted by Crippen LogP contribution is -2.30. The van der Waals surface area contributed by atoms with Gasteiger partial charge >= 0.3 is 0 Å². The summed E-state index contributed by atoms with van der Waals surface area (Å²) in [7, 11) is 0. The van der Waals surface area contributed by atoms with E-state index in [1.54, 1.807) is 66.3 Å². The Hall–Kier alpha value is -3.64. The fourth-order valence-electron chi connectivity index (χ4n) is 5.18. The number of hydrazine groups is 1. The highest BCUT2D eigenvalue weighted by atomic mass is 32.2. The second kappa shape index (κ2) is 387. The molecule has 0 atom stereocenters. The van der Waals surface area contributed by atoms with E-state index in [-0.39, 0.29) is 0 Å². The molecule has 3 saturated heterocycles. The summed E-state index contributed by atoms with van der Waals surface area (Å²) in [5, 5.41) is 12.5. The molecule has 0 unspecified atom stereocenters. The molecule has 0 saturated carbocycles. The fourth-order valence-corrected chi connectivity index (χ4v) is 7.46. The van der Waals surface area contributed by atoms with E-state index >= 15 is 0 Å². The number of morpholine rings is 1. The van der Waals surface area contributed by atoms with E-state index in [1.165, 1.54) is 80.8 Å². The van der Waals surface area contributed by atoms with Crippen LogP contribution in [-0.4, -0.2) is 242 Å². The van der Waals surface area contributed by atoms with Gasteiger partial charge in [-0.1, -0.05) is 399 Å². The third-order valence-corrected chi connectivity index (χ3v) is 12.1. The molecule has 0 aliphatic carbocycles. The fraction of sp³-hybridized carbons (Fsp3) is 0.887. The maximum atomic E-state index is 5.01. The summed E-state index contributed by atoms with van der Waals surface area (Å²) in [6.45, 7) is 134. The van der Waals surface area contributed by atoms with Crippen LogP contribution in [0, 0.1) is 0 Å². The first-order valence-electron chi connectivity index (χ1n) is 55.0. The first-order chi connectivity index (χ1) is 66.5. The third kappa shape index (κ3) is 381. The average Bonchev–Trinajstić information content (AvgIpc) is 2.08. The predicted molar refractivity (Wildman–Crippen MR) is 649 cm³/mol. The largest absolute Gasteiger partial charge is 0.483 e. The molecule has 14 heterocycles. The quantitative estimate of drug-likeness (QED) is 0.141. The van der Waals surface area contributed by atoms with E-state index in [2.05, 4.69) is 85.3 Å². The van der Waals surface area contributed by atoms with E-state index in [0.717, 1.165) is 170 Å². The minimum absolute atomic E-state index is 0.500. The molecule has 0 aromatic heterocycles. The number of aliphatic imine (C=N–C) groups is 7. The van der Waals surface area contributed by atoms with Crippen molar-refractivity contribution in [2.24, 2.45) is 48.9 Å². The topological polar surface area (TPSA) is 258 Å². The van der Waals surface area contributed by atoms with Gasteiger partial charge < -0.3 is 59.4 Å². The molecule has 14 aliphatic heterocycles. The van der Waals surface area contributed by atoms with Crippen LogP contribution in [0.5, 0.6) is 0 Å². The number of rotatable bonds is 0. The molecule has 5 N–H and O–H groups in total. The minimum atomic E-state index is 0.500. The predicted octanol–water partition coefficient (Wildman–Crippen LogP) is 34.2. The molecule has 0 amide bonds. The smallest absolute Gasteiger partial charge is 0.169 e. The summed E-state index contributed by atoms with van der Waals surface area (Å²) in [4.78, 5) is 31.8. The van der Waals surface area contributed by atoms with Crippen LogP contribution in [0.3, 0.4) is 0 Å². The van der Waals surface area contributed by atoms with Crippen molar-refractivity contribution in [3.05, 3.63) is 12.3 Å². The lowest BCUT2D eigenvalue weighted by Gasteiger charge is -2.10. The normalized spacial score (nSPS) is 13.5. The molecule has 27 heteroatoms. The number of nitrogens with one attached hydrogen (secondary N) is 5. The Balaban J connectivity index is -0.0000000330. The highest BCUT2D eigenvalue weighted by molar-refractivity contribution is 8.12. The summed E-state index contributed by atoms with van der Waals surface area (Å²) < 4.78 is 41.9. The number of hydrogen-bond donors (Lipinski definition) is 5. The van der Waals surface area contributed by atoms with Crippen LogP contribution in [0.4, 0.5) is 0 Å². The van der Waals surface area contributed by atoms with Crippen LogP contribution >= 0.6 is 47.4 Å². The van der Waals surface area contributed by atoms with Crippen molar-refractivity contribution in [1.29, 1.82) is 0 Å². The van der Waals surface area contributed by atoms with Crippen molar-refractivity contribution in [2.75, 3.05) is 181 Å². The number of hydrogen-bond acceptors (Lipinski definition) is 27. The highest BCUT2D eigenvalue weighted by Gasteiger charge is 1.97. The molecule has 14 rings (SSSR count). The summed E-state index contributed by atoms with van der Waals surface area (Å²) in [6.07, 6.45) is 29.8. The van der Waals surface area contributed by atoms with E-state index in [1.807, 2.05) is 430 Å². The maximum absolute atomic E-state index is 5.01.